The van der Waals surface area contributed by atoms with Gasteiger partial charge in [0, 0.05) is 11.4 Å². The van der Waals surface area contributed by atoms with Crippen LogP contribution in [0.1, 0.15) is 0 Å². The van der Waals surface area contributed by atoms with Crippen LogP contribution in [0.4, 0.5) is 11.4 Å². The minimum Gasteiger partial charge on any atom is -0.356 e. The van der Waals surface area contributed by atoms with Crippen LogP contribution in [0.5, 0.6) is 0 Å². The van der Waals surface area contributed by atoms with E-state index in [1.54, 1.807) is 0 Å². The minimum atomic E-state index is 1.12. The van der Waals surface area contributed by atoms with Crippen LogP contribution in [0, 0.1) is 0 Å². The Hall–Kier alpha value is -2.54. The van der Waals surface area contributed by atoms with Crippen molar-refractivity contribution in [1.82, 2.24) is 0 Å². The molecule has 0 aliphatic carbocycles. The Morgan fingerprint density at radius 2 is 0.947 bits per heavy atom. The van der Waals surface area contributed by atoms with Crippen molar-refractivity contribution in [2.75, 3.05) is 5.32 Å². The summed E-state index contributed by atoms with van der Waals surface area (Å²) in [7, 11) is 0. The number of anilines is 2. The van der Waals surface area contributed by atoms with Crippen LogP contribution < -0.4 is 5.32 Å². The molecule has 1 nitrogen and oxygen atoms in total. The van der Waals surface area contributed by atoms with Gasteiger partial charge in [0.15, 0.2) is 0 Å². The third-order valence-electron chi connectivity index (χ3n) is 3.59. The first-order valence-corrected chi connectivity index (χ1v) is 6.46. The van der Waals surface area contributed by atoms with E-state index in [9.17, 15) is 0 Å². The Bertz CT molecular complexity index is 664. The maximum Gasteiger partial charge on any atom is 0.0384 e. The number of benzene rings is 3. The van der Waals surface area contributed by atoms with Crippen LogP contribution >= 0.6 is 0 Å². The molecule has 1 heteroatoms. The van der Waals surface area contributed by atoms with Gasteiger partial charge in [-0.3, -0.25) is 0 Å². The summed E-state index contributed by atoms with van der Waals surface area (Å²) in [4.78, 5) is 0. The van der Waals surface area contributed by atoms with Crippen molar-refractivity contribution in [2.24, 2.45) is 0 Å². The van der Waals surface area contributed by atoms with E-state index in [0.717, 1.165) is 11.4 Å². The third kappa shape index (κ3) is 1.80. The smallest absolute Gasteiger partial charge is 0.0384 e. The molecule has 0 unspecified atom stereocenters. The van der Waals surface area contributed by atoms with E-state index in [-0.39, 0.29) is 0 Å². The summed E-state index contributed by atoms with van der Waals surface area (Å²) in [6.45, 7) is 0. The fourth-order valence-electron chi connectivity index (χ4n) is 2.54. The lowest BCUT2D eigenvalue weighted by Crippen LogP contribution is -1.91. The molecule has 0 amide bonds. The second-order valence-corrected chi connectivity index (χ2v) is 4.86. The molecule has 0 fully saturated rings. The molecule has 3 aromatic rings. The second-order valence-electron chi connectivity index (χ2n) is 4.86. The predicted octanol–water partition coefficient (Wildman–Crippen LogP) is 5.08. The molecule has 0 atom stereocenters. The van der Waals surface area contributed by atoms with Gasteiger partial charge < -0.3 is 5.32 Å². The molecular formula is C18H13N. The summed E-state index contributed by atoms with van der Waals surface area (Å²) in [5.41, 5.74) is 7.26. The zero-order chi connectivity index (χ0) is 12.7. The first kappa shape index (κ1) is 10.4. The molecule has 7 rings (SSSR count). The Morgan fingerprint density at radius 1 is 0.474 bits per heavy atom. The highest BCUT2D eigenvalue weighted by Gasteiger charge is 2.04. The van der Waals surface area contributed by atoms with Gasteiger partial charge in [-0.1, -0.05) is 42.5 Å². The zero-order valence-corrected chi connectivity index (χ0v) is 10.4. The summed E-state index contributed by atoms with van der Waals surface area (Å²) in [6, 6.07) is 25.8. The number of hydrogen-bond acceptors (Lipinski definition) is 1. The van der Waals surface area contributed by atoms with Crippen molar-refractivity contribution in [3.05, 3.63) is 72.8 Å². The van der Waals surface area contributed by atoms with Crippen LogP contribution in [-0.2, 0) is 0 Å². The van der Waals surface area contributed by atoms with Crippen LogP contribution in [0.3, 0.4) is 0 Å². The lowest BCUT2D eigenvalue weighted by molar-refractivity contribution is 1.52. The molecule has 0 aromatic heterocycles. The lowest BCUT2D eigenvalue weighted by atomic mass is 9.98. The average Bonchev–Trinajstić information content (AvgIpc) is 2.48. The molecule has 4 aliphatic rings. The maximum atomic E-state index is 3.42. The van der Waals surface area contributed by atoms with Crippen molar-refractivity contribution in [3.63, 3.8) is 0 Å². The highest BCUT2D eigenvalue weighted by Crippen LogP contribution is 2.30. The first-order valence-electron chi connectivity index (χ1n) is 6.46. The van der Waals surface area contributed by atoms with E-state index >= 15 is 0 Å². The molecule has 6 bridgehead atoms. The van der Waals surface area contributed by atoms with Crippen molar-refractivity contribution >= 4 is 11.4 Å². The molecule has 3 aromatic carbocycles. The molecule has 4 aliphatic heterocycles. The van der Waals surface area contributed by atoms with E-state index in [0.29, 0.717) is 0 Å². The normalized spacial score (nSPS) is 11.6. The van der Waals surface area contributed by atoms with Gasteiger partial charge in [-0.25, -0.2) is 0 Å². The van der Waals surface area contributed by atoms with Crippen molar-refractivity contribution in [3.8, 4) is 22.3 Å². The van der Waals surface area contributed by atoms with E-state index in [1.165, 1.54) is 22.3 Å². The average molecular weight is 243 g/mol. The Balaban J connectivity index is 2.03. The van der Waals surface area contributed by atoms with Gasteiger partial charge in [0.25, 0.3) is 0 Å². The molecular weight excluding hydrogens is 230 g/mol. The molecule has 90 valence electrons. The monoisotopic (exact) mass is 243 g/mol. The highest BCUT2D eigenvalue weighted by atomic mass is 14.9. The molecule has 0 saturated heterocycles. The summed E-state index contributed by atoms with van der Waals surface area (Å²) in [5.74, 6) is 0. The topological polar surface area (TPSA) is 12.0 Å². The minimum absolute atomic E-state index is 1.12. The maximum absolute atomic E-state index is 3.42. The number of nitrogens with one attached hydrogen (secondary N) is 1. The van der Waals surface area contributed by atoms with E-state index in [1.807, 2.05) is 0 Å². The summed E-state index contributed by atoms with van der Waals surface area (Å²) in [6.07, 6.45) is 0. The summed E-state index contributed by atoms with van der Waals surface area (Å²) < 4.78 is 0. The Kier molecular flexibility index (Phi) is 2.18. The molecule has 4 heterocycles. The van der Waals surface area contributed by atoms with E-state index in [4.69, 9.17) is 0 Å². The fraction of sp³-hybridized carbons (Fsp3) is 0. The van der Waals surface area contributed by atoms with Crippen LogP contribution in [0.15, 0.2) is 72.8 Å². The summed E-state index contributed by atoms with van der Waals surface area (Å²) >= 11 is 0. The number of hydrogen-bond donors (Lipinski definition) is 1. The largest absolute Gasteiger partial charge is 0.356 e. The summed E-state index contributed by atoms with van der Waals surface area (Å²) in [5, 5.41) is 3.42. The standard InChI is InChI=1S/C18H13N/c1-2-15-12-16(3-1)14-6-10-18(11-7-14)19-17-8-4-13(15)5-9-17/h1-12,19H. The highest BCUT2D eigenvalue weighted by molar-refractivity contribution is 5.76. The van der Waals surface area contributed by atoms with Crippen molar-refractivity contribution < 1.29 is 0 Å². The van der Waals surface area contributed by atoms with Gasteiger partial charge in [-0.15, -0.1) is 0 Å². The third-order valence-corrected chi connectivity index (χ3v) is 3.59. The molecule has 0 spiro atoms. The Morgan fingerprint density at radius 3 is 1.42 bits per heavy atom. The fourth-order valence-corrected chi connectivity index (χ4v) is 2.54. The lowest BCUT2D eigenvalue weighted by Gasteiger charge is -2.12. The van der Waals surface area contributed by atoms with Gasteiger partial charge >= 0.3 is 0 Å². The molecule has 0 saturated carbocycles. The SMILES string of the molecule is c1cc2cc(c1)-c1ccc(cc1)Nc1ccc-2cc1. The van der Waals surface area contributed by atoms with E-state index < -0.39 is 0 Å². The van der Waals surface area contributed by atoms with Crippen molar-refractivity contribution in [1.29, 1.82) is 0 Å². The zero-order valence-electron chi connectivity index (χ0n) is 10.4. The van der Waals surface area contributed by atoms with Crippen LogP contribution in [-0.4, -0.2) is 0 Å². The second kappa shape index (κ2) is 3.99. The van der Waals surface area contributed by atoms with Gasteiger partial charge in [-0.05, 0) is 52.6 Å². The predicted molar refractivity (Wildman–Crippen MR) is 80.6 cm³/mol. The quantitative estimate of drug-likeness (QED) is 0.454. The van der Waals surface area contributed by atoms with Gasteiger partial charge in [-0.2, -0.15) is 0 Å². The van der Waals surface area contributed by atoms with Crippen LogP contribution in [0.25, 0.3) is 22.3 Å². The molecule has 1 N–H and O–H groups in total. The van der Waals surface area contributed by atoms with Gasteiger partial charge in [0.1, 0.15) is 0 Å². The molecule has 19 heavy (non-hydrogen) atoms. The van der Waals surface area contributed by atoms with Crippen LogP contribution in [0.2, 0.25) is 0 Å². The van der Waals surface area contributed by atoms with Crippen molar-refractivity contribution in [2.45, 2.75) is 0 Å². The Labute approximate surface area is 112 Å². The first-order chi connectivity index (χ1) is 9.38. The molecule has 0 radical (unpaired) electrons. The van der Waals surface area contributed by atoms with E-state index in [2.05, 4.69) is 78.1 Å². The van der Waals surface area contributed by atoms with Gasteiger partial charge in [0.05, 0.1) is 0 Å². The van der Waals surface area contributed by atoms with Gasteiger partial charge in [0.2, 0.25) is 0 Å². The number of rotatable bonds is 0.